The van der Waals surface area contributed by atoms with Crippen LogP contribution >= 0.6 is 0 Å². The van der Waals surface area contributed by atoms with Gasteiger partial charge >= 0.3 is 0 Å². The summed E-state index contributed by atoms with van der Waals surface area (Å²) in [6.07, 6.45) is 4.29. The molecule has 0 aliphatic carbocycles. The van der Waals surface area contributed by atoms with E-state index in [2.05, 4.69) is 24.8 Å². The van der Waals surface area contributed by atoms with Crippen molar-refractivity contribution in [3.63, 3.8) is 0 Å². The lowest BCUT2D eigenvalue weighted by Gasteiger charge is -2.22. The normalized spacial score (nSPS) is 12.3. The largest absolute Gasteiger partial charge is 0.396 e. The van der Waals surface area contributed by atoms with E-state index < -0.39 is 15.4 Å². The molecule has 0 unspecified atom stereocenters. The number of nitrogens with zero attached hydrogens (tertiary/aromatic N) is 5. The van der Waals surface area contributed by atoms with Crippen LogP contribution in [-0.4, -0.2) is 51.4 Å². The molecule has 29 heavy (non-hydrogen) atoms. The quantitative estimate of drug-likeness (QED) is 0.513. The monoisotopic (exact) mass is 417 g/mol. The number of anilines is 1. The number of nitrogen functional groups attached to an aromatic ring is 1. The van der Waals surface area contributed by atoms with Crippen molar-refractivity contribution in [1.29, 1.82) is 0 Å². The predicted molar refractivity (Wildman–Crippen MR) is 108 cm³/mol. The highest BCUT2D eigenvalue weighted by Crippen LogP contribution is 2.26. The number of sulfonamides is 1. The molecule has 0 atom stereocenters. The Balaban J connectivity index is 1.99. The fraction of sp³-hybridized carbons (Fsp3) is 0.333. The van der Waals surface area contributed by atoms with Gasteiger partial charge in [0.05, 0.1) is 16.8 Å². The molecule has 0 spiro atoms. The van der Waals surface area contributed by atoms with Crippen molar-refractivity contribution < 1.29 is 13.5 Å². The number of hydrogen-bond donors (Lipinski definition) is 3. The second kappa shape index (κ2) is 7.85. The van der Waals surface area contributed by atoms with Gasteiger partial charge in [-0.2, -0.15) is 9.78 Å². The molecule has 0 amide bonds. The fourth-order valence-electron chi connectivity index (χ4n) is 2.48. The number of hydrogen-bond acceptors (Lipinski definition) is 8. The molecule has 0 aliphatic heterocycles. The molecule has 1 aromatic carbocycles. The molecule has 154 valence electrons. The van der Waals surface area contributed by atoms with Gasteiger partial charge < -0.3 is 10.8 Å². The minimum absolute atomic E-state index is 0.0905. The van der Waals surface area contributed by atoms with Gasteiger partial charge in [-0.25, -0.2) is 28.1 Å². The lowest BCUT2D eigenvalue weighted by molar-refractivity contribution is 0.163. The average Bonchev–Trinajstić information content (AvgIpc) is 3.22. The third kappa shape index (κ3) is 4.58. The summed E-state index contributed by atoms with van der Waals surface area (Å²) in [5.41, 5.74) is 7.20. The van der Waals surface area contributed by atoms with Gasteiger partial charge in [-0.3, -0.25) is 0 Å². The van der Waals surface area contributed by atoms with E-state index >= 15 is 0 Å². The van der Waals surface area contributed by atoms with Gasteiger partial charge in [-0.15, -0.1) is 0 Å². The molecule has 0 saturated carbocycles. The van der Waals surface area contributed by atoms with Crippen molar-refractivity contribution in [3.05, 3.63) is 42.6 Å². The van der Waals surface area contributed by atoms with E-state index in [9.17, 15) is 13.5 Å². The van der Waals surface area contributed by atoms with Crippen molar-refractivity contribution in [3.8, 4) is 17.1 Å². The molecular formula is C18H23N7O3S. The Kier molecular flexibility index (Phi) is 5.64. The number of rotatable bonds is 7. The molecule has 10 nitrogen and oxygen atoms in total. The minimum Gasteiger partial charge on any atom is -0.396 e. The lowest BCUT2D eigenvalue weighted by Crippen LogP contribution is -2.36. The molecule has 0 radical (unpaired) electrons. The summed E-state index contributed by atoms with van der Waals surface area (Å²) in [5.74, 6) is 0.476. The Morgan fingerprint density at radius 3 is 2.72 bits per heavy atom. The Morgan fingerprint density at radius 1 is 1.31 bits per heavy atom. The zero-order valence-corrected chi connectivity index (χ0v) is 17.2. The molecule has 0 saturated heterocycles. The van der Waals surface area contributed by atoms with Crippen molar-refractivity contribution in [1.82, 2.24) is 29.5 Å². The molecule has 4 N–H and O–H groups in total. The first-order chi connectivity index (χ1) is 13.6. The smallest absolute Gasteiger partial charge is 0.240 e. The van der Waals surface area contributed by atoms with Crippen LogP contribution in [0.25, 0.3) is 17.1 Å². The highest BCUT2D eigenvalue weighted by molar-refractivity contribution is 7.89. The van der Waals surface area contributed by atoms with Gasteiger partial charge in [0.25, 0.3) is 0 Å². The van der Waals surface area contributed by atoms with E-state index in [-0.39, 0.29) is 23.9 Å². The van der Waals surface area contributed by atoms with Crippen LogP contribution in [0.3, 0.4) is 0 Å². The highest BCUT2D eigenvalue weighted by Gasteiger charge is 2.22. The number of aliphatic hydroxyl groups is 1. The number of aliphatic hydroxyl groups excluding tert-OH is 1. The van der Waals surface area contributed by atoms with Crippen molar-refractivity contribution >= 4 is 15.8 Å². The maximum atomic E-state index is 12.7. The van der Waals surface area contributed by atoms with E-state index in [1.54, 1.807) is 19.9 Å². The number of aryl methyl sites for hydroxylation is 1. The minimum atomic E-state index is -3.77. The average molecular weight is 417 g/mol. The second-order valence-electron chi connectivity index (χ2n) is 7.43. The third-order valence-electron chi connectivity index (χ3n) is 4.38. The summed E-state index contributed by atoms with van der Waals surface area (Å²) in [7, 11) is -3.77. The first-order valence-corrected chi connectivity index (χ1v) is 10.3. The zero-order valence-electron chi connectivity index (χ0n) is 16.4. The standard InChI is InChI=1S/C18H23N7O3S/c1-12-4-5-13(29(27,28)23-8-18(2,3)9-26)6-14(12)15-7-21-16(19)17(24-15)25-11-20-10-22-25/h4-7,10-11,23,26H,8-9H2,1-3H3,(H2,19,21). The highest BCUT2D eigenvalue weighted by atomic mass is 32.2. The molecule has 2 heterocycles. The van der Waals surface area contributed by atoms with Crippen LogP contribution in [0, 0.1) is 12.3 Å². The number of aromatic nitrogens is 5. The van der Waals surface area contributed by atoms with Crippen molar-refractivity contribution in [2.45, 2.75) is 25.7 Å². The first kappa shape index (κ1) is 20.8. The summed E-state index contributed by atoms with van der Waals surface area (Å²) in [6, 6.07) is 4.76. The molecule has 0 fully saturated rings. The van der Waals surface area contributed by atoms with E-state index in [1.165, 1.54) is 35.7 Å². The van der Waals surface area contributed by atoms with E-state index in [1.807, 2.05) is 6.92 Å². The van der Waals surface area contributed by atoms with Crippen molar-refractivity contribution in [2.24, 2.45) is 5.41 Å². The van der Waals surface area contributed by atoms with E-state index in [4.69, 9.17) is 5.73 Å². The van der Waals surface area contributed by atoms with Crippen molar-refractivity contribution in [2.75, 3.05) is 18.9 Å². The molecule has 3 aromatic rings. The predicted octanol–water partition coefficient (Wildman–Crippen LogP) is 0.912. The molecule has 11 heteroatoms. The van der Waals surface area contributed by atoms with Gasteiger partial charge in [-0.05, 0) is 24.6 Å². The Labute approximate surface area is 168 Å². The lowest BCUT2D eigenvalue weighted by atomic mass is 9.96. The SMILES string of the molecule is Cc1ccc(S(=O)(=O)NCC(C)(C)CO)cc1-c1cnc(N)c(-n2cncn2)n1. The van der Waals surface area contributed by atoms with Gasteiger partial charge in [0, 0.05) is 24.1 Å². The molecule has 2 aromatic heterocycles. The maximum absolute atomic E-state index is 12.7. The van der Waals surface area contributed by atoms with Crippen LogP contribution in [0.4, 0.5) is 5.82 Å². The van der Waals surface area contributed by atoms with Gasteiger partial charge in [-0.1, -0.05) is 19.9 Å². The summed E-state index contributed by atoms with van der Waals surface area (Å²) in [6.45, 7) is 5.35. The van der Waals surface area contributed by atoms with Crippen LogP contribution in [0.2, 0.25) is 0 Å². The van der Waals surface area contributed by atoms with Crippen LogP contribution in [0.5, 0.6) is 0 Å². The molecular weight excluding hydrogens is 394 g/mol. The van der Waals surface area contributed by atoms with Crippen LogP contribution in [0.15, 0.2) is 41.9 Å². The Hall–Kier alpha value is -2.89. The van der Waals surface area contributed by atoms with Crippen LogP contribution in [0.1, 0.15) is 19.4 Å². The summed E-state index contributed by atoms with van der Waals surface area (Å²) < 4.78 is 29.4. The van der Waals surface area contributed by atoms with Crippen LogP contribution in [-0.2, 0) is 10.0 Å². The molecule has 0 bridgehead atoms. The summed E-state index contributed by atoms with van der Waals surface area (Å²) >= 11 is 0. The molecule has 3 rings (SSSR count). The topological polar surface area (TPSA) is 149 Å². The third-order valence-corrected chi connectivity index (χ3v) is 5.78. The summed E-state index contributed by atoms with van der Waals surface area (Å²) in [5, 5.41) is 13.4. The number of benzene rings is 1. The first-order valence-electron chi connectivity index (χ1n) is 8.82. The second-order valence-corrected chi connectivity index (χ2v) is 9.19. The van der Waals surface area contributed by atoms with Gasteiger partial charge in [0.2, 0.25) is 10.0 Å². The van der Waals surface area contributed by atoms with E-state index in [0.717, 1.165) is 5.56 Å². The van der Waals surface area contributed by atoms with E-state index in [0.29, 0.717) is 17.1 Å². The number of nitrogens with two attached hydrogens (primary N) is 1. The number of nitrogens with one attached hydrogen (secondary N) is 1. The zero-order chi connectivity index (χ0) is 21.2. The van der Waals surface area contributed by atoms with Gasteiger partial charge in [0.15, 0.2) is 11.6 Å². The Morgan fingerprint density at radius 2 is 2.07 bits per heavy atom. The Bertz CT molecular complexity index is 1110. The van der Waals surface area contributed by atoms with Crippen LogP contribution < -0.4 is 10.5 Å². The maximum Gasteiger partial charge on any atom is 0.240 e. The summed E-state index contributed by atoms with van der Waals surface area (Å²) in [4.78, 5) is 12.6. The fourth-order valence-corrected chi connectivity index (χ4v) is 3.75. The molecule has 0 aliphatic rings. The van der Waals surface area contributed by atoms with Gasteiger partial charge in [0.1, 0.15) is 12.7 Å².